The molecule has 0 unspecified atom stereocenters. The quantitative estimate of drug-likeness (QED) is 0.659. The van der Waals surface area contributed by atoms with Gasteiger partial charge in [0.05, 0.1) is 7.11 Å². The van der Waals surface area contributed by atoms with Crippen LogP contribution in [-0.4, -0.2) is 37.0 Å². The summed E-state index contributed by atoms with van der Waals surface area (Å²) in [6, 6.07) is 9.20. The average molecular weight is 404 g/mol. The van der Waals surface area contributed by atoms with Gasteiger partial charge < -0.3 is 15.4 Å². The maximum absolute atomic E-state index is 14.0. The molecule has 0 fully saturated rings. The van der Waals surface area contributed by atoms with Crippen molar-refractivity contribution in [1.29, 1.82) is 0 Å². The second-order valence-electron chi connectivity index (χ2n) is 6.46. The Labute approximate surface area is 167 Å². The maximum atomic E-state index is 14.0. The molecule has 29 heavy (non-hydrogen) atoms. The lowest BCUT2D eigenvalue weighted by molar-refractivity contribution is -0.145. The SMILES string of the molecule is COC(=O)[C@H](Cc1ccc(F)cc1)NC(=O)[C@@H](Cc1ccccc1F)NC(C)=O. The molecule has 0 aromatic heterocycles. The number of methoxy groups -OCH3 is 1. The Kier molecular flexibility index (Phi) is 7.82. The lowest BCUT2D eigenvalue weighted by atomic mass is 10.0. The van der Waals surface area contributed by atoms with Gasteiger partial charge in [0, 0.05) is 19.8 Å². The fourth-order valence-electron chi connectivity index (χ4n) is 2.80. The minimum absolute atomic E-state index is 0.0607. The van der Waals surface area contributed by atoms with Crippen molar-refractivity contribution in [3.63, 3.8) is 0 Å². The summed E-state index contributed by atoms with van der Waals surface area (Å²) < 4.78 is 31.8. The molecule has 154 valence electrons. The van der Waals surface area contributed by atoms with Crippen molar-refractivity contribution in [3.05, 3.63) is 71.3 Å². The zero-order valence-corrected chi connectivity index (χ0v) is 16.1. The van der Waals surface area contributed by atoms with E-state index < -0.39 is 41.5 Å². The maximum Gasteiger partial charge on any atom is 0.328 e. The molecular weight excluding hydrogens is 382 g/mol. The van der Waals surface area contributed by atoms with Gasteiger partial charge in [0.2, 0.25) is 11.8 Å². The number of hydrogen-bond donors (Lipinski definition) is 2. The molecule has 0 aliphatic carbocycles. The summed E-state index contributed by atoms with van der Waals surface area (Å²) in [4.78, 5) is 36.4. The molecule has 0 aliphatic heterocycles. The van der Waals surface area contributed by atoms with Crippen molar-refractivity contribution in [2.24, 2.45) is 0 Å². The largest absolute Gasteiger partial charge is 0.467 e. The Morgan fingerprint density at radius 1 is 0.931 bits per heavy atom. The number of hydrogen-bond acceptors (Lipinski definition) is 4. The molecule has 0 bridgehead atoms. The van der Waals surface area contributed by atoms with E-state index in [0.29, 0.717) is 5.56 Å². The summed E-state index contributed by atoms with van der Waals surface area (Å²) in [5, 5.41) is 5.00. The summed E-state index contributed by atoms with van der Waals surface area (Å²) in [5.41, 5.74) is 0.849. The number of ether oxygens (including phenoxy) is 1. The van der Waals surface area contributed by atoms with Crippen LogP contribution in [0.3, 0.4) is 0 Å². The van der Waals surface area contributed by atoms with Crippen LogP contribution < -0.4 is 10.6 Å². The van der Waals surface area contributed by atoms with Crippen LogP contribution in [0.1, 0.15) is 18.1 Å². The molecule has 2 aromatic rings. The summed E-state index contributed by atoms with van der Waals surface area (Å²) >= 11 is 0. The van der Waals surface area contributed by atoms with Crippen molar-refractivity contribution in [2.75, 3.05) is 7.11 Å². The van der Waals surface area contributed by atoms with Crippen LogP contribution in [0.2, 0.25) is 0 Å². The normalized spacial score (nSPS) is 12.6. The number of esters is 1. The fourth-order valence-corrected chi connectivity index (χ4v) is 2.80. The van der Waals surface area contributed by atoms with Crippen molar-refractivity contribution < 1.29 is 27.9 Å². The topological polar surface area (TPSA) is 84.5 Å². The average Bonchev–Trinajstić information content (AvgIpc) is 2.69. The third-order valence-corrected chi connectivity index (χ3v) is 4.23. The second kappa shape index (κ2) is 10.3. The molecule has 8 heteroatoms. The van der Waals surface area contributed by atoms with E-state index >= 15 is 0 Å². The summed E-state index contributed by atoms with van der Waals surface area (Å²) in [6.45, 7) is 1.23. The number of carbonyl (C=O) groups is 3. The molecule has 0 radical (unpaired) electrons. The third-order valence-electron chi connectivity index (χ3n) is 4.23. The minimum Gasteiger partial charge on any atom is -0.467 e. The van der Waals surface area contributed by atoms with E-state index in [-0.39, 0.29) is 18.4 Å². The van der Waals surface area contributed by atoms with Crippen LogP contribution in [-0.2, 0) is 32.0 Å². The monoisotopic (exact) mass is 404 g/mol. The highest BCUT2D eigenvalue weighted by Crippen LogP contribution is 2.11. The van der Waals surface area contributed by atoms with E-state index in [1.165, 1.54) is 56.5 Å². The zero-order chi connectivity index (χ0) is 21.4. The van der Waals surface area contributed by atoms with Crippen molar-refractivity contribution in [2.45, 2.75) is 31.8 Å². The molecule has 0 heterocycles. The second-order valence-corrected chi connectivity index (χ2v) is 6.46. The number of nitrogens with one attached hydrogen (secondary N) is 2. The molecule has 2 atom stereocenters. The van der Waals surface area contributed by atoms with Crippen LogP contribution in [0.25, 0.3) is 0 Å². The number of rotatable bonds is 8. The van der Waals surface area contributed by atoms with Gasteiger partial charge in [0.1, 0.15) is 23.7 Å². The molecular formula is C21H22F2N2O4. The Bertz CT molecular complexity index is 871. The molecule has 2 N–H and O–H groups in total. The molecule has 0 saturated carbocycles. The van der Waals surface area contributed by atoms with Crippen LogP contribution >= 0.6 is 0 Å². The van der Waals surface area contributed by atoms with Crippen molar-refractivity contribution in [1.82, 2.24) is 10.6 Å². The van der Waals surface area contributed by atoms with Gasteiger partial charge in [-0.2, -0.15) is 0 Å². The highest BCUT2D eigenvalue weighted by Gasteiger charge is 2.27. The highest BCUT2D eigenvalue weighted by atomic mass is 19.1. The lowest BCUT2D eigenvalue weighted by Gasteiger charge is -2.22. The Morgan fingerprint density at radius 2 is 1.59 bits per heavy atom. The zero-order valence-electron chi connectivity index (χ0n) is 16.1. The molecule has 2 amide bonds. The minimum atomic E-state index is -1.09. The van der Waals surface area contributed by atoms with Gasteiger partial charge in [-0.1, -0.05) is 30.3 Å². The summed E-state index contributed by atoms with van der Waals surface area (Å²) in [5.74, 6) is -2.78. The molecule has 0 spiro atoms. The first-order valence-electron chi connectivity index (χ1n) is 8.93. The third kappa shape index (κ3) is 6.67. The van der Waals surface area contributed by atoms with E-state index in [9.17, 15) is 23.2 Å². The van der Waals surface area contributed by atoms with Gasteiger partial charge >= 0.3 is 5.97 Å². The molecule has 2 aromatic carbocycles. The van der Waals surface area contributed by atoms with Crippen LogP contribution in [0.5, 0.6) is 0 Å². The predicted molar refractivity (Wildman–Crippen MR) is 102 cm³/mol. The van der Waals surface area contributed by atoms with Crippen molar-refractivity contribution in [3.8, 4) is 0 Å². The van der Waals surface area contributed by atoms with E-state index in [4.69, 9.17) is 4.74 Å². The molecule has 6 nitrogen and oxygen atoms in total. The number of benzene rings is 2. The summed E-state index contributed by atoms with van der Waals surface area (Å²) in [6.07, 6.45) is -0.0340. The van der Waals surface area contributed by atoms with Gasteiger partial charge in [-0.15, -0.1) is 0 Å². The Balaban J connectivity index is 2.17. The van der Waals surface area contributed by atoms with Crippen LogP contribution in [0.4, 0.5) is 8.78 Å². The summed E-state index contributed by atoms with van der Waals surface area (Å²) in [7, 11) is 1.18. The Morgan fingerprint density at radius 3 is 2.17 bits per heavy atom. The van der Waals surface area contributed by atoms with E-state index in [1.807, 2.05) is 0 Å². The molecule has 0 saturated heterocycles. The van der Waals surface area contributed by atoms with Crippen LogP contribution in [0, 0.1) is 11.6 Å². The molecule has 2 rings (SSSR count). The van der Waals surface area contributed by atoms with Gasteiger partial charge in [0.25, 0.3) is 0 Å². The first-order valence-corrected chi connectivity index (χ1v) is 8.93. The van der Waals surface area contributed by atoms with E-state index in [2.05, 4.69) is 10.6 Å². The lowest BCUT2D eigenvalue weighted by Crippen LogP contribution is -2.53. The number of carbonyl (C=O) groups excluding carboxylic acids is 3. The number of amides is 2. The number of halogens is 2. The van der Waals surface area contributed by atoms with Gasteiger partial charge in [-0.25, -0.2) is 13.6 Å². The smallest absolute Gasteiger partial charge is 0.328 e. The first-order chi connectivity index (χ1) is 13.8. The standard InChI is InChI=1S/C21H22F2N2O4/c1-13(26)24-18(12-15-5-3-4-6-17(15)23)20(27)25-19(21(28)29-2)11-14-7-9-16(22)10-8-14/h3-10,18-19H,11-12H2,1-2H3,(H,24,26)(H,25,27)/t18-,19+/m1/s1. The molecule has 0 aliphatic rings. The van der Waals surface area contributed by atoms with E-state index in [0.717, 1.165) is 0 Å². The predicted octanol–water partition coefficient (Wildman–Crippen LogP) is 1.91. The van der Waals surface area contributed by atoms with Crippen molar-refractivity contribution >= 4 is 17.8 Å². The Hall–Kier alpha value is -3.29. The van der Waals surface area contributed by atoms with Gasteiger partial charge in [-0.05, 0) is 29.3 Å². The van der Waals surface area contributed by atoms with Gasteiger partial charge in [-0.3, -0.25) is 9.59 Å². The first kappa shape index (κ1) is 22.0. The van der Waals surface area contributed by atoms with E-state index in [1.54, 1.807) is 6.07 Å². The van der Waals surface area contributed by atoms with Crippen LogP contribution in [0.15, 0.2) is 48.5 Å². The highest BCUT2D eigenvalue weighted by molar-refractivity contribution is 5.90. The fraction of sp³-hybridized carbons (Fsp3) is 0.286. The van der Waals surface area contributed by atoms with Gasteiger partial charge in [0.15, 0.2) is 0 Å².